The van der Waals surface area contributed by atoms with Gasteiger partial charge in [-0.25, -0.2) is 0 Å². The molecule has 7 rings (SSSR count). The van der Waals surface area contributed by atoms with Crippen molar-refractivity contribution < 1.29 is 4.79 Å². The van der Waals surface area contributed by atoms with Crippen molar-refractivity contribution in [1.82, 2.24) is 4.40 Å². The van der Waals surface area contributed by atoms with Gasteiger partial charge in [0, 0.05) is 27.1 Å². The van der Waals surface area contributed by atoms with E-state index in [1.54, 1.807) is 6.08 Å². The number of carbonyl (C=O) groups is 1. The molecule has 0 atom stereocenters. The largest absolute Gasteiger partial charge is 0.308 e. The molecule has 0 spiro atoms. The molecule has 0 N–H and O–H groups in total. The summed E-state index contributed by atoms with van der Waals surface area (Å²) >= 11 is 0. The standard InChI is InChI=1S/C32H19NO2/c34-30-19-16-20-8-1-2-9-21(20)24(30)18-17-22-23-10-3-5-14-28(23)33-29-15-6-4-11-26(29)32(35)27-13-7-12-25(22)31(27)33/h1-19H. The second kappa shape index (κ2) is 7.37. The first-order valence-electron chi connectivity index (χ1n) is 11.6. The molecule has 1 aliphatic rings. The second-order valence-electron chi connectivity index (χ2n) is 8.85. The highest BCUT2D eigenvalue weighted by molar-refractivity contribution is 6.30. The molecule has 0 saturated heterocycles. The number of hydrogen-bond acceptors (Lipinski definition) is 2. The van der Waals surface area contributed by atoms with Gasteiger partial charge in [0.1, 0.15) is 0 Å². The maximum Gasteiger partial charge on any atom is 0.197 e. The summed E-state index contributed by atoms with van der Waals surface area (Å²) in [5.74, 6) is -0.00883. The smallest absolute Gasteiger partial charge is 0.197 e. The highest BCUT2D eigenvalue weighted by Crippen LogP contribution is 2.28. The van der Waals surface area contributed by atoms with Gasteiger partial charge in [-0.1, -0.05) is 78.9 Å². The van der Waals surface area contributed by atoms with Crippen LogP contribution in [0.1, 0.15) is 11.1 Å². The Morgan fingerprint density at radius 2 is 1.23 bits per heavy atom. The molecule has 6 aromatic rings. The summed E-state index contributed by atoms with van der Waals surface area (Å²) in [6.07, 6.45) is 7.44. The zero-order valence-corrected chi connectivity index (χ0v) is 18.7. The number of hydrogen-bond donors (Lipinski definition) is 0. The van der Waals surface area contributed by atoms with Crippen molar-refractivity contribution >= 4 is 61.6 Å². The van der Waals surface area contributed by atoms with Gasteiger partial charge in [-0.15, -0.1) is 0 Å². The number of benzene rings is 4. The third-order valence-corrected chi connectivity index (χ3v) is 6.97. The van der Waals surface area contributed by atoms with Crippen LogP contribution in [0.2, 0.25) is 0 Å². The minimum Gasteiger partial charge on any atom is -0.308 e. The number of nitrogens with zero attached hydrogens (tertiary/aromatic N) is 1. The fourth-order valence-electron chi connectivity index (χ4n) is 5.40. The topological polar surface area (TPSA) is 38.5 Å². The van der Waals surface area contributed by atoms with Gasteiger partial charge in [0.2, 0.25) is 0 Å². The zero-order valence-electron chi connectivity index (χ0n) is 18.7. The van der Waals surface area contributed by atoms with E-state index in [0.717, 1.165) is 43.7 Å². The monoisotopic (exact) mass is 449 g/mol. The van der Waals surface area contributed by atoms with Crippen LogP contribution < -0.4 is 10.6 Å². The second-order valence-corrected chi connectivity index (χ2v) is 8.85. The van der Waals surface area contributed by atoms with Crippen LogP contribution in [0.15, 0.2) is 108 Å². The molecule has 0 radical (unpaired) electrons. The van der Waals surface area contributed by atoms with E-state index in [2.05, 4.69) is 22.6 Å². The van der Waals surface area contributed by atoms with Gasteiger partial charge in [-0.05, 0) is 52.8 Å². The highest BCUT2D eigenvalue weighted by Gasteiger charge is 2.17. The van der Waals surface area contributed by atoms with E-state index in [1.165, 1.54) is 0 Å². The summed E-state index contributed by atoms with van der Waals surface area (Å²) < 4.78 is 2.20. The Bertz CT molecular complexity index is 2040. The quantitative estimate of drug-likeness (QED) is 0.177. The molecule has 0 amide bonds. The molecule has 0 unspecified atom stereocenters. The fraction of sp³-hybridized carbons (Fsp3) is 0. The third kappa shape index (κ3) is 2.79. The Hall–Kier alpha value is -4.76. The average molecular weight is 450 g/mol. The van der Waals surface area contributed by atoms with Gasteiger partial charge in [-0.2, -0.15) is 0 Å². The summed E-state index contributed by atoms with van der Waals surface area (Å²) in [6, 6.07) is 29.9. The first kappa shape index (κ1) is 19.7. The number of pyridine rings is 2. The number of allylic oxidation sites excluding steroid dienone is 3. The van der Waals surface area contributed by atoms with Gasteiger partial charge in [0.05, 0.1) is 16.6 Å². The number of aromatic nitrogens is 1. The molecular formula is C32H19NO2. The summed E-state index contributed by atoms with van der Waals surface area (Å²) in [4.78, 5) is 26.3. The van der Waals surface area contributed by atoms with Crippen molar-refractivity contribution in [2.75, 3.05) is 0 Å². The van der Waals surface area contributed by atoms with Gasteiger partial charge in [0.25, 0.3) is 0 Å². The van der Waals surface area contributed by atoms with Crippen LogP contribution in [-0.2, 0) is 4.79 Å². The Morgan fingerprint density at radius 3 is 2.09 bits per heavy atom. The van der Waals surface area contributed by atoms with Crippen LogP contribution in [0.4, 0.5) is 0 Å². The van der Waals surface area contributed by atoms with Crippen LogP contribution in [0.5, 0.6) is 0 Å². The van der Waals surface area contributed by atoms with Gasteiger partial charge >= 0.3 is 0 Å². The molecule has 0 saturated carbocycles. The predicted octanol–water partition coefficient (Wildman–Crippen LogP) is 5.94. The molecule has 3 heteroatoms. The van der Waals surface area contributed by atoms with Crippen LogP contribution in [-0.4, -0.2) is 10.2 Å². The van der Waals surface area contributed by atoms with Crippen molar-refractivity contribution in [2.24, 2.45) is 0 Å². The van der Waals surface area contributed by atoms with E-state index in [4.69, 9.17) is 0 Å². The van der Waals surface area contributed by atoms with Crippen LogP contribution >= 0.6 is 0 Å². The minimum atomic E-state index is -0.00883. The van der Waals surface area contributed by atoms with E-state index < -0.39 is 0 Å². The number of carbonyl (C=O) groups excluding carboxylic acids is 1. The van der Waals surface area contributed by atoms with Gasteiger partial charge in [0.15, 0.2) is 11.2 Å². The molecule has 0 bridgehead atoms. The van der Waals surface area contributed by atoms with Crippen molar-refractivity contribution in [2.45, 2.75) is 0 Å². The Kier molecular flexibility index (Phi) is 4.15. The van der Waals surface area contributed by atoms with Gasteiger partial charge < -0.3 is 4.40 Å². The lowest BCUT2D eigenvalue weighted by Gasteiger charge is -2.16. The van der Waals surface area contributed by atoms with Gasteiger partial charge in [-0.3, -0.25) is 9.59 Å². The molecule has 0 fully saturated rings. The summed E-state index contributed by atoms with van der Waals surface area (Å²) in [7, 11) is 0. The Labute approximate surface area is 200 Å². The van der Waals surface area contributed by atoms with E-state index in [9.17, 15) is 9.59 Å². The lowest BCUT2D eigenvalue weighted by molar-refractivity contribution is -0.109. The van der Waals surface area contributed by atoms with Crippen LogP contribution in [0, 0.1) is 0 Å². The Morgan fingerprint density at radius 1 is 0.571 bits per heavy atom. The van der Waals surface area contributed by atoms with Crippen molar-refractivity contribution in [3.63, 3.8) is 0 Å². The molecule has 164 valence electrons. The summed E-state index contributed by atoms with van der Waals surface area (Å²) in [6.45, 7) is 0. The van der Waals surface area contributed by atoms with Crippen molar-refractivity contribution in [3.8, 4) is 0 Å². The van der Waals surface area contributed by atoms with E-state index in [-0.39, 0.29) is 11.2 Å². The number of rotatable bonds is 1. The zero-order chi connectivity index (χ0) is 23.5. The van der Waals surface area contributed by atoms with E-state index in [1.807, 2.05) is 91.0 Å². The fourth-order valence-corrected chi connectivity index (χ4v) is 5.40. The van der Waals surface area contributed by atoms with E-state index in [0.29, 0.717) is 16.3 Å². The number of fused-ring (bicyclic) bond motifs is 5. The summed E-state index contributed by atoms with van der Waals surface area (Å²) in [5, 5.41) is 4.43. The highest BCUT2D eigenvalue weighted by atomic mass is 16.1. The molecule has 2 aromatic heterocycles. The maximum absolute atomic E-state index is 13.4. The summed E-state index contributed by atoms with van der Waals surface area (Å²) in [5.41, 5.74) is 5.48. The predicted molar refractivity (Wildman–Crippen MR) is 144 cm³/mol. The molecule has 3 nitrogen and oxygen atoms in total. The van der Waals surface area contributed by atoms with Crippen molar-refractivity contribution in [1.29, 1.82) is 0 Å². The average Bonchev–Trinajstić information content (AvgIpc) is 2.91. The lowest BCUT2D eigenvalue weighted by atomic mass is 9.91. The maximum atomic E-state index is 13.4. The van der Waals surface area contributed by atoms with E-state index >= 15 is 0 Å². The molecule has 1 aliphatic carbocycles. The SMILES string of the molecule is O=C1C=Cc2ccccc2C1=CC=c1c2ccccc2n2c3ccccc3c(=O)c3cccc1c32. The van der Waals surface area contributed by atoms with Crippen LogP contribution in [0.3, 0.4) is 0 Å². The third-order valence-electron chi connectivity index (χ3n) is 6.97. The molecular weight excluding hydrogens is 430 g/mol. The first-order chi connectivity index (χ1) is 17.2. The first-order valence-corrected chi connectivity index (χ1v) is 11.6. The van der Waals surface area contributed by atoms with Crippen LogP contribution in [0.25, 0.3) is 55.8 Å². The molecule has 0 aliphatic heterocycles. The number of ketones is 1. The minimum absolute atomic E-state index is 0.00883. The number of para-hydroxylation sites is 3. The normalized spacial score (nSPS) is 15.1. The Balaban J connectivity index is 1.68. The lowest BCUT2D eigenvalue weighted by Crippen LogP contribution is -2.14. The molecule has 4 aromatic carbocycles. The molecule has 2 heterocycles. The van der Waals surface area contributed by atoms with Crippen molar-refractivity contribution in [3.05, 3.63) is 130 Å². The molecule has 35 heavy (non-hydrogen) atoms.